The summed E-state index contributed by atoms with van der Waals surface area (Å²) in [4.78, 5) is 17.5. The Bertz CT molecular complexity index is 385. The topological polar surface area (TPSA) is 77.7 Å². The molecule has 0 aromatic carbocycles. The largest absolute Gasteiger partial charge is 0.465 e. The summed E-state index contributed by atoms with van der Waals surface area (Å²) in [7, 11) is 1.61. The van der Waals surface area contributed by atoms with Crippen molar-refractivity contribution in [1.29, 1.82) is 0 Å². The molecule has 1 rings (SSSR count). The lowest BCUT2D eigenvalue weighted by atomic mass is 10.3. The van der Waals surface area contributed by atoms with Crippen molar-refractivity contribution in [1.82, 2.24) is 4.98 Å². The minimum atomic E-state index is -0.294. The van der Waals surface area contributed by atoms with Crippen molar-refractivity contribution in [3.8, 4) is 0 Å². The molecule has 0 saturated carbocycles. The van der Waals surface area contributed by atoms with Crippen LogP contribution in [0.25, 0.3) is 0 Å². The van der Waals surface area contributed by atoms with Crippen molar-refractivity contribution in [2.24, 2.45) is 0 Å². The first-order valence-corrected chi connectivity index (χ1v) is 5.78. The van der Waals surface area contributed by atoms with Gasteiger partial charge in [0, 0.05) is 31.6 Å². The van der Waals surface area contributed by atoms with E-state index in [9.17, 15) is 4.79 Å². The Kier molecular flexibility index (Phi) is 5.93. The Hall–Kier alpha value is -1.82. The lowest BCUT2D eigenvalue weighted by molar-refractivity contribution is -0.141. The van der Waals surface area contributed by atoms with E-state index in [0.29, 0.717) is 31.3 Å². The molecule has 0 aliphatic rings. The van der Waals surface area contributed by atoms with Gasteiger partial charge >= 0.3 is 5.97 Å². The van der Waals surface area contributed by atoms with Crippen LogP contribution < -0.4 is 10.6 Å². The first-order chi connectivity index (χ1) is 8.67. The van der Waals surface area contributed by atoms with E-state index >= 15 is 0 Å². The Morgan fingerprint density at radius 2 is 2.33 bits per heavy atom. The summed E-state index contributed by atoms with van der Waals surface area (Å²) < 4.78 is 9.94. The Balaban J connectivity index is 2.74. The SMILES string of the molecule is CCOC(=O)CN(CCOC)c1cc(N)ccn1. The van der Waals surface area contributed by atoms with E-state index in [1.54, 1.807) is 37.3 Å². The number of ether oxygens (including phenoxy) is 2. The molecule has 0 fully saturated rings. The lowest BCUT2D eigenvalue weighted by Gasteiger charge is -2.22. The summed E-state index contributed by atoms with van der Waals surface area (Å²) in [6.45, 7) is 3.31. The van der Waals surface area contributed by atoms with Crippen LogP contribution >= 0.6 is 0 Å². The van der Waals surface area contributed by atoms with E-state index in [1.165, 1.54) is 0 Å². The molecule has 0 spiro atoms. The van der Waals surface area contributed by atoms with Crippen LogP contribution in [0.2, 0.25) is 0 Å². The number of carbonyl (C=O) groups excluding carboxylic acids is 1. The summed E-state index contributed by atoms with van der Waals surface area (Å²) in [5, 5.41) is 0. The summed E-state index contributed by atoms with van der Waals surface area (Å²) in [5.74, 6) is 0.345. The van der Waals surface area contributed by atoms with Gasteiger partial charge in [-0.15, -0.1) is 0 Å². The first-order valence-electron chi connectivity index (χ1n) is 5.78. The molecule has 0 aliphatic carbocycles. The van der Waals surface area contributed by atoms with Crippen molar-refractivity contribution < 1.29 is 14.3 Å². The van der Waals surface area contributed by atoms with Crippen LogP contribution in [0.1, 0.15) is 6.92 Å². The predicted octanol–water partition coefficient (Wildman–Crippen LogP) is 0.680. The molecule has 0 unspecified atom stereocenters. The molecule has 0 aliphatic heterocycles. The quantitative estimate of drug-likeness (QED) is 0.720. The summed E-state index contributed by atoms with van der Waals surface area (Å²) in [5.41, 5.74) is 6.30. The second kappa shape index (κ2) is 7.50. The number of hydrogen-bond acceptors (Lipinski definition) is 6. The predicted molar refractivity (Wildman–Crippen MR) is 69.4 cm³/mol. The highest BCUT2D eigenvalue weighted by Crippen LogP contribution is 2.13. The van der Waals surface area contributed by atoms with Crippen LogP contribution in [-0.2, 0) is 14.3 Å². The van der Waals surface area contributed by atoms with E-state index < -0.39 is 0 Å². The number of carbonyl (C=O) groups is 1. The Morgan fingerprint density at radius 1 is 1.56 bits per heavy atom. The standard InChI is InChI=1S/C12H19N3O3/c1-3-18-12(16)9-15(6-7-17-2)11-8-10(13)4-5-14-11/h4-5,8H,3,6-7,9H2,1-2H3,(H2,13,14). The fourth-order valence-electron chi connectivity index (χ4n) is 1.45. The molecule has 100 valence electrons. The van der Waals surface area contributed by atoms with Gasteiger partial charge in [0.25, 0.3) is 0 Å². The molecule has 0 atom stereocenters. The van der Waals surface area contributed by atoms with Gasteiger partial charge in [0.05, 0.1) is 13.2 Å². The van der Waals surface area contributed by atoms with E-state index in [1.807, 2.05) is 0 Å². The first kappa shape index (κ1) is 14.2. The highest BCUT2D eigenvalue weighted by molar-refractivity contribution is 5.75. The van der Waals surface area contributed by atoms with Crippen LogP contribution in [0.5, 0.6) is 0 Å². The molecule has 0 amide bonds. The van der Waals surface area contributed by atoms with Crippen molar-refractivity contribution in [3.63, 3.8) is 0 Å². The zero-order valence-electron chi connectivity index (χ0n) is 10.8. The number of nitrogen functional groups attached to an aromatic ring is 1. The van der Waals surface area contributed by atoms with Gasteiger partial charge in [-0.25, -0.2) is 4.98 Å². The average molecular weight is 253 g/mol. The highest BCUT2D eigenvalue weighted by Gasteiger charge is 2.13. The van der Waals surface area contributed by atoms with E-state index in [4.69, 9.17) is 15.2 Å². The molecule has 1 heterocycles. The number of methoxy groups -OCH3 is 1. The van der Waals surface area contributed by atoms with E-state index in [-0.39, 0.29) is 12.5 Å². The van der Waals surface area contributed by atoms with Crippen molar-refractivity contribution in [2.75, 3.05) is 44.0 Å². The van der Waals surface area contributed by atoms with Gasteiger partial charge in [0.1, 0.15) is 12.4 Å². The van der Waals surface area contributed by atoms with Gasteiger partial charge in [0.2, 0.25) is 0 Å². The number of rotatable bonds is 7. The van der Waals surface area contributed by atoms with Gasteiger partial charge < -0.3 is 20.1 Å². The molecular formula is C12H19N3O3. The summed E-state index contributed by atoms with van der Waals surface area (Å²) in [6, 6.07) is 3.41. The second-order valence-electron chi connectivity index (χ2n) is 3.67. The fourth-order valence-corrected chi connectivity index (χ4v) is 1.45. The normalized spacial score (nSPS) is 10.1. The van der Waals surface area contributed by atoms with Gasteiger partial charge in [-0.3, -0.25) is 4.79 Å². The molecule has 6 heteroatoms. The number of hydrogen-bond donors (Lipinski definition) is 1. The lowest BCUT2D eigenvalue weighted by Crippen LogP contribution is -2.34. The minimum Gasteiger partial charge on any atom is -0.465 e. The molecule has 18 heavy (non-hydrogen) atoms. The number of nitrogens with two attached hydrogens (primary N) is 1. The Morgan fingerprint density at radius 3 is 2.94 bits per heavy atom. The van der Waals surface area contributed by atoms with E-state index in [2.05, 4.69) is 4.98 Å². The summed E-state index contributed by atoms with van der Waals surface area (Å²) in [6.07, 6.45) is 1.61. The molecular weight excluding hydrogens is 234 g/mol. The molecule has 0 radical (unpaired) electrons. The summed E-state index contributed by atoms with van der Waals surface area (Å²) >= 11 is 0. The van der Waals surface area contributed by atoms with Crippen LogP contribution in [0, 0.1) is 0 Å². The zero-order chi connectivity index (χ0) is 13.4. The number of nitrogens with zero attached hydrogens (tertiary/aromatic N) is 2. The highest BCUT2D eigenvalue weighted by atomic mass is 16.5. The average Bonchev–Trinajstić information content (AvgIpc) is 2.34. The van der Waals surface area contributed by atoms with Crippen molar-refractivity contribution >= 4 is 17.5 Å². The van der Waals surface area contributed by atoms with Crippen molar-refractivity contribution in [2.45, 2.75) is 6.92 Å². The molecule has 6 nitrogen and oxygen atoms in total. The maximum absolute atomic E-state index is 11.5. The molecule has 0 saturated heterocycles. The second-order valence-corrected chi connectivity index (χ2v) is 3.67. The van der Waals surface area contributed by atoms with Crippen molar-refractivity contribution in [3.05, 3.63) is 18.3 Å². The van der Waals surface area contributed by atoms with E-state index in [0.717, 1.165) is 0 Å². The monoisotopic (exact) mass is 253 g/mol. The molecule has 1 aromatic rings. The molecule has 2 N–H and O–H groups in total. The number of anilines is 2. The third-order valence-corrected chi connectivity index (χ3v) is 2.28. The van der Waals surface area contributed by atoms with Crippen LogP contribution in [0.4, 0.5) is 11.5 Å². The van der Waals surface area contributed by atoms with Crippen LogP contribution in [-0.4, -0.2) is 44.4 Å². The molecule has 1 aromatic heterocycles. The maximum Gasteiger partial charge on any atom is 0.325 e. The molecule has 0 bridgehead atoms. The van der Waals surface area contributed by atoms with Gasteiger partial charge in [0.15, 0.2) is 0 Å². The third kappa shape index (κ3) is 4.58. The van der Waals surface area contributed by atoms with Gasteiger partial charge in [-0.1, -0.05) is 0 Å². The Labute approximate surface area is 107 Å². The third-order valence-electron chi connectivity index (χ3n) is 2.28. The number of esters is 1. The van der Waals surface area contributed by atoms with Crippen LogP contribution in [0.15, 0.2) is 18.3 Å². The minimum absolute atomic E-state index is 0.133. The van der Waals surface area contributed by atoms with Gasteiger partial charge in [-0.2, -0.15) is 0 Å². The fraction of sp³-hybridized carbons (Fsp3) is 0.500. The maximum atomic E-state index is 11.5. The van der Waals surface area contributed by atoms with Crippen LogP contribution in [0.3, 0.4) is 0 Å². The zero-order valence-corrected chi connectivity index (χ0v) is 10.8. The smallest absolute Gasteiger partial charge is 0.325 e. The van der Waals surface area contributed by atoms with Gasteiger partial charge in [-0.05, 0) is 13.0 Å². The number of pyridine rings is 1. The number of aromatic nitrogens is 1.